The molecule has 0 aromatic heterocycles. The number of alkyl carbamates (subject to hydrolysis) is 2. The van der Waals surface area contributed by atoms with Crippen LogP contribution in [-0.2, 0) is 9.47 Å². The van der Waals surface area contributed by atoms with Crippen LogP contribution in [0.15, 0.2) is 11.8 Å². The standard InChI is InChI=1S/C14H25NO4/c1-6-8-10-11(9-7-2)18-12(16)15-13(17)19-14(3,4)5/h9H,6-8,10H2,1-5H3,(H,15,16,17). The molecule has 0 saturated heterocycles. The number of nitrogens with one attached hydrogen (secondary N) is 1. The number of allylic oxidation sites excluding steroid dienone is 2. The molecule has 0 rings (SSSR count). The van der Waals surface area contributed by atoms with E-state index < -0.39 is 17.8 Å². The van der Waals surface area contributed by atoms with E-state index in [1.54, 1.807) is 20.8 Å². The van der Waals surface area contributed by atoms with Crippen molar-refractivity contribution in [1.82, 2.24) is 5.32 Å². The highest BCUT2D eigenvalue weighted by Crippen LogP contribution is 2.11. The number of carbonyl (C=O) groups excluding carboxylic acids is 2. The third kappa shape index (κ3) is 10.1. The van der Waals surface area contributed by atoms with Crippen molar-refractivity contribution in [2.45, 2.75) is 65.9 Å². The summed E-state index contributed by atoms with van der Waals surface area (Å²) in [6, 6.07) is 0. The lowest BCUT2D eigenvalue weighted by atomic mass is 10.2. The summed E-state index contributed by atoms with van der Waals surface area (Å²) in [7, 11) is 0. The summed E-state index contributed by atoms with van der Waals surface area (Å²) >= 11 is 0. The van der Waals surface area contributed by atoms with Gasteiger partial charge in [0.05, 0.1) is 0 Å². The fourth-order valence-corrected chi connectivity index (χ4v) is 1.30. The minimum absolute atomic E-state index is 0.588. The molecule has 0 fully saturated rings. The first-order chi connectivity index (χ1) is 8.78. The van der Waals surface area contributed by atoms with Crippen LogP contribution in [0.3, 0.4) is 0 Å². The van der Waals surface area contributed by atoms with Crippen molar-refractivity contribution in [2.24, 2.45) is 0 Å². The first kappa shape index (κ1) is 17.5. The monoisotopic (exact) mass is 271 g/mol. The average Bonchev–Trinajstić information content (AvgIpc) is 2.23. The van der Waals surface area contributed by atoms with Gasteiger partial charge < -0.3 is 9.47 Å². The maximum Gasteiger partial charge on any atom is 0.421 e. The maximum atomic E-state index is 11.5. The van der Waals surface area contributed by atoms with E-state index >= 15 is 0 Å². The van der Waals surface area contributed by atoms with Crippen LogP contribution in [0.2, 0.25) is 0 Å². The van der Waals surface area contributed by atoms with Gasteiger partial charge in [-0.2, -0.15) is 0 Å². The second-order valence-electron chi connectivity index (χ2n) is 5.20. The third-order valence-electron chi connectivity index (χ3n) is 2.04. The fraction of sp³-hybridized carbons (Fsp3) is 0.714. The smallest absolute Gasteiger partial charge is 0.421 e. The quantitative estimate of drug-likeness (QED) is 0.763. The summed E-state index contributed by atoms with van der Waals surface area (Å²) in [6.45, 7) is 9.19. The molecule has 0 aromatic carbocycles. The molecule has 5 nitrogen and oxygen atoms in total. The molecule has 0 unspecified atom stereocenters. The molecule has 0 aliphatic rings. The van der Waals surface area contributed by atoms with Crippen LogP contribution >= 0.6 is 0 Å². The van der Waals surface area contributed by atoms with Crippen molar-refractivity contribution in [3.05, 3.63) is 11.8 Å². The SMILES string of the molecule is CCC=C(CCCC)OC(=O)NC(=O)OC(C)(C)C. The average molecular weight is 271 g/mol. The Balaban J connectivity index is 4.27. The van der Waals surface area contributed by atoms with Crippen molar-refractivity contribution in [3.8, 4) is 0 Å². The molecular weight excluding hydrogens is 246 g/mol. The van der Waals surface area contributed by atoms with E-state index in [1.165, 1.54) is 0 Å². The topological polar surface area (TPSA) is 64.6 Å². The molecule has 1 N–H and O–H groups in total. The minimum atomic E-state index is -0.802. The molecule has 0 bridgehead atoms. The second-order valence-corrected chi connectivity index (χ2v) is 5.20. The summed E-state index contributed by atoms with van der Waals surface area (Å²) < 4.78 is 10.0. The minimum Gasteiger partial charge on any atom is -0.443 e. The van der Waals surface area contributed by atoms with E-state index in [0.29, 0.717) is 12.2 Å². The zero-order chi connectivity index (χ0) is 14.9. The first-order valence-corrected chi connectivity index (χ1v) is 6.69. The summed E-state index contributed by atoms with van der Waals surface area (Å²) in [5.74, 6) is 0.588. The molecule has 19 heavy (non-hydrogen) atoms. The predicted octanol–water partition coefficient (Wildman–Crippen LogP) is 4.13. The van der Waals surface area contributed by atoms with Crippen LogP contribution in [-0.4, -0.2) is 17.8 Å². The van der Waals surface area contributed by atoms with Gasteiger partial charge in [0, 0.05) is 6.42 Å². The highest BCUT2D eigenvalue weighted by molar-refractivity contribution is 5.88. The van der Waals surface area contributed by atoms with Gasteiger partial charge >= 0.3 is 12.2 Å². The Morgan fingerprint density at radius 3 is 2.26 bits per heavy atom. The Morgan fingerprint density at radius 1 is 1.16 bits per heavy atom. The lowest BCUT2D eigenvalue weighted by Crippen LogP contribution is -2.36. The Morgan fingerprint density at radius 2 is 1.79 bits per heavy atom. The van der Waals surface area contributed by atoms with Crippen LogP contribution in [0.4, 0.5) is 9.59 Å². The van der Waals surface area contributed by atoms with Crippen molar-refractivity contribution < 1.29 is 19.1 Å². The Bertz CT molecular complexity index is 329. The third-order valence-corrected chi connectivity index (χ3v) is 2.04. The van der Waals surface area contributed by atoms with E-state index in [2.05, 4.69) is 6.92 Å². The Kier molecular flexibility index (Phi) is 7.87. The second kappa shape index (κ2) is 8.56. The summed E-state index contributed by atoms with van der Waals surface area (Å²) in [4.78, 5) is 22.9. The molecular formula is C14H25NO4. The van der Waals surface area contributed by atoms with Gasteiger partial charge in [0.1, 0.15) is 11.4 Å². The maximum absolute atomic E-state index is 11.5. The first-order valence-electron chi connectivity index (χ1n) is 6.69. The molecule has 0 aliphatic carbocycles. The summed E-state index contributed by atoms with van der Waals surface area (Å²) in [6.07, 6.45) is 3.65. The van der Waals surface area contributed by atoms with E-state index in [4.69, 9.17) is 9.47 Å². The van der Waals surface area contributed by atoms with Gasteiger partial charge in [-0.25, -0.2) is 14.9 Å². The number of rotatable bonds is 5. The number of carbonyl (C=O) groups is 2. The molecule has 0 spiro atoms. The van der Waals surface area contributed by atoms with Crippen molar-refractivity contribution in [2.75, 3.05) is 0 Å². The molecule has 110 valence electrons. The van der Waals surface area contributed by atoms with Crippen LogP contribution in [0.5, 0.6) is 0 Å². The highest BCUT2D eigenvalue weighted by atomic mass is 16.6. The Labute approximate surface area is 115 Å². The molecule has 0 atom stereocenters. The van der Waals surface area contributed by atoms with Crippen LogP contribution in [0, 0.1) is 0 Å². The molecule has 5 heteroatoms. The van der Waals surface area contributed by atoms with Crippen molar-refractivity contribution in [3.63, 3.8) is 0 Å². The fourth-order valence-electron chi connectivity index (χ4n) is 1.30. The van der Waals surface area contributed by atoms with Crippen LogP contribution in [0.25, 0.3) is 0 Å². The number of imide groups is 1. The molecule has 0 saturated carbocycles. The van der Waals surface area contributed by atoms with Crippen LogP contribution in [0.1, 0.15) is 60.3 Å². The lowest BCUT2D eigenvalue weighted by molar-refractivity contribution is 0.0523. The zero-order valence-electron chi connectivity index (χ0n) is 12.5. The van der Waals surface area contributed by atoms with Gasteiger partial charge in [0.15, 0.2) is 0 Å². The van der Waals surface area contributed by atoms with Crippen LogP contribution < -0.4 is 5.32 Å². The lowest BCUT2D eigenvalue weighted by Gasteiger charge is -2.19. The summed E-state index contributed by atoms with van der Waals surface area (Å²) in [5.41, 5.74) is -0.644. The van der Waals surface area contributed by atoms with Gasteiger partial charge in [0.25, 0.3) is 0 Å². The van der Waals surface area contributed by atoms with Gasteiger partial charge in [-0.05, 0) is 39.7 Å². The van der Waals surface area contributed by atoms with Gasteiger partial charge in [0.2, 0.25) is 0 Å². The summed E-state index contributed by atoms with van der Waals surface area (Å²) in [5, 5.41) is 2.04. The highest BCUT2D eigenvalue weighted by Gasteiger charge is 2.19. The molecule has 0 aromatic rings. The van der Waals surface area contributed by atoms with E-state index in [1.807, 2.05) is 18.3 Å². The molecule has 0 aliphatic heterocycles. The van der Waals surface area contributed by atoms with E-state index in [-0.39, 0.29) is 0 Å². The number of hydrogen-bond donors (Lipinski definition) is 1. The molecule has 0 heterocycles. The number of hydrogen-bond acceptors (Lipinski definition) is 4. The predicted molar refractivity (Wildman–Crippen MR) is 73.7 cm³/mol. The van der Waals surface area contributed by atoms with Crippen molar-refractivity contribution in [1.29, 1.82) is 0 Å². The number of ether oxygens (including phenoxy) is 2. The van der Waals surface area contributed by atoms with E-state index in [0.717, 1.165) is 19.3 Å². The van der Waals surface area contributed by atoms with Gasteiger partial charge in [-0.1, -0.05) is 20.3 Å². The Hall–Kier alpha value is -1.52. The number of amides is 2. The molecule has 2 amide bonds. The molecule has 0 radical (unpaired) electrons. The zero-order valence-corrected chi connectivity index (χ0v) is 12.5. The number of unbranched alkanes of at least 4 members (excludes halogenated alkanes) is 1. The van der Waals surface area contributed by atoms with Gasteiger partial charge in [-0.15, -0.1) is 0 Å². The largest absolute Gasteiger partial charge is 0.443 e. The normalized spacial score (nSPS) is 11.9. The van der Waals surface area contributed by atoms with Gasteiger partial charge in [-0.3, -0.25) is 0 Å². The van der Waals surface area contributed by atoms with Crippen molar-refractivity contribution >= 4 is 12.2 Å². The van der Waals surface area contributed by atoms with E-state index in [9.17, 15) is 9.59 Å².